The molecule has 0 heteroatoms. The Morgan fingerprint density at radius 1 is 0.938 bits per heavy atom. The van der Waals surface area contributed by atoms with E-state index in [0.29, 0.717) is 10.8 Å². The van der Waals surface area contributed by atoms with Crippen molar-refractivity contribution in [2.24, 2.45) is 5.92 Å². The summed E-state index contributed by atoms with van der Waals surface area (Å²) in [6.45, 7) is 7.28. The first-order valence-electron chi connectivity index (χ1n) is 6.68. The molecule has 0 aliphatic heterocycles. The van der Waals surface area contributed by atoms with Crippen molar-refractivity contribution in [1.29, 1.82) is 0 Å². The predicted molar refractivity (Wildman–Crippen MR) is 68.8 cm³/mol. The van der Waals surface area contributed by atoms with Gasteiger partial charge in [0.05, 0.1) is 0 Å². The lowest BCUT2D eigenvalue weighted by molar-refractivity contribution is 0.128. The van der Waals surface area contributed by atoms with Crippen molar-refractivity contribution in [3.05, 3.63) is 35.4 Å². The van der Waals surface area contributed by atoms with Crippen LogP contribution in [-0.4, -0.2) is 0 Å². The Morgan fingerprint density at radius 3 is 2.06 bits per heavy atom. The van der Waals surface area contributed by atoms with Crippen LogP contribution in [0.5, 0.6) is 0 Å². The summed E-state index contributed by atoms with van der Waals surface area (Å²) >= 11 is 0. The molecule has 0 saturated heterocycles. The minimum absolute atomic E-state index is 0.479. The van der Waals surface area contributed by atoms with E-state index in [0.717, 1.165) is 5.92 Å². The van der Waals surface area contributed by atoms with Crippen molar-refractivity contribution < 1.29 is 0 Å². The number of hydrogen-bond acceptors (Lipinski definition) is 0. The van der Waals surface area contributed by atoms with Gasteiger partial charge in [-0.25, -0.2) is 0 Å². The summed E-state index contributed by atoms with van der Waals surface area (Å²) in [5, 5.41) is 0. The first-order valence-corrected chi connectivity index (χ1v) is 6.68. The lowest BCUT2D eigenvalue weighted by Gasteiger charge is -2.55. The summed E-state index contributed by atoms with van der Waals surface area (Å²) in [6.07, 6.45) is 5.58. The van der Waals surface area contributed by atoms with Gasteiger partial charge in [-0.2, -0.15) is 0 Å². The van der Waals surface area contributed by atoms with Crippen molar-refractivity contribution in [3.63, 3.8) is 0 Å². The van der Waals surface area contributed by atoms with E-state index in [4.69, 9.17) is 0 Å². The van der Waals surface area contributed by atoms with Gasteiger partial charge in [-0.05, 0) is 53.6 Å². The van der Waals surface area contributed by atoms with Crippen molar-refractivity contribution >= 4 is 0 Å². The molecule has 0 heterocycles. The van der Waals surface area contributed by atoms with E-state index in [1.807, 2.05) is 0 Å². The van der Waals surface area contributed by atoms with Gasteiger partial charge in [0.15, 0.2) is 0 Å². The lowest BCUT2D eigenvalue weighted by Crippen LogP contribution is -2.48. The molecular formula is C16H22. The summed E-state index contributed by atoms with van der Waals surface area (Å²) in [5.41, 5.74) is 4.30. The minimum atomic E-state index is 0.479. The fourth-order valence-corrected chi connectivity index (χ4v) is 4.12. The van der Waals surface area contributed by atoms with E-state index in [9.17, 15) is 0 Å². The Labute approximate surface area is 99.1 Å². The van der Waals surface area contributed by atoms with E-state index in [1.165, 1.54) is 25.7 Å². The molecule has 0 nitrogen and oxygen atoms in total. The van der Waals surface area contributed by atoms with Crippen LogP contribution < -0.4 is 0 Å². The molecule has 4 rings (SSSR count). The zero-order valence-corrected chi connectivity index (χ0v) is 10.7. The zero-order chi connectivity index (χ0) is 11.4. The Morgan fingerprint density at radius 2 is 1.50 bits per heavy atom. The summed E-state index contributed by atoms with van der Waals surface area (Å²) in [7, 11) is 0. The molecule has 1 saturated carbocycles. The van der Waals surface area contributed by atoms with Gasteiger partial charge >= 0.3 is 0 Å². The number of hydrogen-bond donors (Lipinski definition) is 0. The molecule has 2 bridgehead atoms. The van der Waals surface area contributed by atoms with Crippen LogP contribution in [0.25, 0.3) is 0 Å². The summed E-state index contributed by atoms with van der Waals surface area (Å²) in [4.78, 5) is 0. The first kappa shape index (κ1) is 10.4. The molecule has 86 valence electrons. The highest BCUT2D eigenvalue weighted by molar-refractivity contribution is 5.45. The zero-order valence-electron chi connectivity index (χ0n) is 10.7. The topological polar surface area (TPSA) is 0 Å². The fraction of sp³-hybridized carbons (Fsp3) is 0.625. The molecule has 16 heavy (non-hydrogen) atoms. The van der Waals surface area contributed by atoms with Gasteiger partial charge in [0.1, 0.15) is 0 Å². The van der Waals surface area contributed by atoms with Gasteiger partial charge < -0.3 is 0 Å². The molecule has 3 aliphatic rings. The highest BCUT2D eigenvalue weighted by Gasteiger charge is 2.50. The highest BCUT2D eigenvalue weighted by atomic mass is 14.5. The number of fused-ring (bicyclic) bond motifs is 2. The average molecular weight is 214 g/mol. The van der Waals surface area contributed by atoms with Crippen LogP contribution >= 0.6 is 0 Å². The Bertz CT molecular complexity index is 406. The molecule has 1 fully saturated rings. The molecule has 0 amide bonds. The molecule has 0 radical (unpaired) electrons. The van der Waals surface area contributed by atoms with Crippen LogP contribution in [0.15, 0.2) is 24.3 Å². The van der Waals surface area contributed by atoms with Crippen molar-refractivity contribution in [2.75, 3.05) is 0 Å². The monoisotopic (exact) mass is 214 g/mol. The van der Waals surface area contributed by atoms with Crippen LogP contribution in [0, 0.1) is 5.92 Å². The third-order valence-electron chi connectivity index (χ3n) is 5.46. The number of rotatable bonds is 1. The number of benzene rings is 1. The van der Waals surface area contributed by atoms with E-state index in [2.05, 4.69) is 45.0 Å². The third-order valence-corrected chi connectivity index (χ3v) is 5.46. The third kappa shape index (κ3) is 1.11. The molecule has 3 aliphatic carbocycles. The quantitative estimate of drug-likeness (QED) is 0.649. The second kappa shape index (κ2) is 3.12. The first-order chi connectivity index (χ1) is 7.58. The molecule has 0 N–H and O–H groups in total. The van der Waals surface area contributed by atoms with E-state index in [-0.39, 0.29) is 0 Å². The van der Waals surface area contributed by atoms with Crippen LogP contribution in [0.1, 0.15) is 57.6 Å². The van der Waals surface area contributed by atoms with Crippen LogP contribution in [-0.2, 0) is 10.8 Å². The van der Waals surface area contributed by atoms with Crippen molar-refractivity contribution in [3.8, 4) is 0 Å². The Hall–Kier alpha value is -0.780. The molecule has 0 atom stereocenters. The maximum Gasteiger partial charge on any atom is -0.00204 e. The molecule has 0 aromatic heterocycles. The van der Waals surface area contributed by atoms with Gasteiger partial charge in [-0.15, -0.1) is 0 Å². The van der Waals surface area contributed by atoms with Crippen molar-refractivity contribution in [2.45, 2.75) is 57.3 Å². The highest BCUT2D eigenvalue weighted by Crippen LogP contribution is 2.58. The summed E-state index contributed by atoms with van der Waals surface area (Å²) in [5.74, 6) is 0.776. The smallest absolute Gasteiger partial charge is 0.00204 e. The summed E-state index contributed by atoms with van der Waals surface area (Å²) in [6, 6.07) is 9.22. The van der Waals surface area contributed by atoms with Gasteiger partial charge in [0, 0.05) is 0 Å². The van der Waals surface area contributed by atoms with Crippen LogP contribution in [0.4, 0.5) is 0 Å². The normalized spacial score (nSPS) is 36.5. The second-order valence-electron chi connectivity index (χ2n) is 6.42. The van der Waals surface area contributed by atoms with Gasteiger partial charge in [0.2, 0.25) is 0 Å². The second-order valence-corrected chi connectivity index (χ2v) is 6.42. The molecule has 1 aromatic carbocycles. The largest absolute Gasteiger partial charge is 0.0620 e. The SMILES string of the molecule is CC(C)C12CCC(C)(CC1)c1ccccc12. The van der Waals surface area contributed by atoms with Crippen molar-refractivity contribution in [1.82, 2.24) is 0 Å². The fourth-order valence-electron chi connectivity index (χ4n) is 4.12. The standard InChI is InChI=1S/C16H22/c1-12(2)16-10-8-15(3,9-11-16)13-6-4-5-7-14(13)16/h4-7,12H,8-11H2,1-3H3. The van der Waals surface area contributed by atoms with E-state index in [1.54, 1.807) is 11.1 Å². The van der Waals surface area contributed by atoms with Crippen LogP contribution in [0.2, 0.25) is 0 Å². The van der Waals surface area contributed by atoms with Crippen LogP contribution in [0.3, 0.4) is 0 Å². The lowest BCUT2D eigenvalue weighted by atomic mass is 9.49. The maximum atomic E-state index is 2.47. The van der Waals surface area contributed by atoms with Gasteiger partial charge in [-0.1, -0.05) is 45.0 Å². The van der Waals surface area contributed by atoms with E-state index < -0.39 is 0 Å². The average Bonchev–Trinajstić information content (AvgIpc) is 2.30. The Kier molecular flexibility index (Phi) is 2.02. The summed E-state index contributed by atoms with van der Waals surface area (Å²) < 4.78 is 0. The minimum Gasteiger partial charge on any atom is -0.0620 e. The van der Waals surface area contributed by atoms with Gasteiger partial charge in [0.25, 0.3) is 0 Å². The predicted octanol–water partition coefficient (Wildman–Crippen LogP) is 4.43. The molecule has 1 aromatic rings. The van der Waals surface area contributed by atoms with E-state index >= 15 is 0 Å². The maximum absolute atomic E-state index is 2.47. The van der Waals surface area contributed by atoms with Gasteiger partial charge in [-0.3, -0.25) is 0 Å². The Balaban J connectivity index is 2.24. The molecular weight excluding hydrogens is 192 g/mol. The molecule has 0 spiro atoms. The molecule has 0 unspecified atom stereocenters.